The summed E-state index contributed by atoms with van der Waals surface area (Å²) in [5, 5.41) is 10.4. The summed E-state index contributed by atoms with van der Waals surface area (Å²) in [6, 6.07) is 20.3. The zero-order valence-electron chi connectivity index (χ0n) is 11.9. The second-order valence-corrected chi connectivity index (χ2v) is 5.55. The molecular formula is C18H20O2. The Hall–Kier alpha value is -1.64. The van der Waals surface area contributed by atoms with Crippen molar-refractivity contribution in [3.8, 4) is 0 Å². The Kier molecular flexibility index (Phi) is 3.15. The smallest absolute Gasteiger partial charge is 0.150 e. The molecule has 1 N–H and O–H groups in total. The third-order valence-electron chi connectivity index (χ3n) is 4.41. The quantitative estimate of drug-likeness (QED) is 0.861. The van der Waals surface area contributed by atoms with E-state index in [2.05, 4.69) is 24.3 Å². The highest BCUT2D eigenvalue weighted by molar-refractivity contribution is 5.47. The number of rotatable bonds is 4. The van der Waals surface area contributed by atoms with Crippen LogP contribution in [0.1, 0.15) is 31.4 Å². The molecule has 0 spiro atoms. The molecule has 2 unspecified atom stereocenters. The van der Waals surface area contributed by atoms with Crippen molar-refractivity contribution in [2.24, 2.45) is 0 Å². The van der Waals surface area contributed by atoms with Crippen LogP contribution in [-0.4, -0.2) is 16.8 Å². The molecule has 1 fully saturated rings. The van der Waals surface area contributed by atoms with Crippen LogP contribution in [-0.2, 0) is 10.3 Å². The SMILES string of the molecule is CCC(O)C1(C)OC1(c1ccccc1)c1ccccc1. The molecule has 0 aromatic heterocycles. The largest absolute Gasteiger partial charge is 0.390 e. The van der Waals surface area contributed by atoms with E-state index in [-0.39, 0.29) is 0 Å². The minimum Gasteiger partial charge on any atom is -0.390 e. The first kappa shape index (κ1) is 13.3. The lowest BCUT2D eigenvalue weighted by molar-refractivity contribution is 0.0817. The molecule has 1 aliphatic heterocycles. The predicted octanol–water partition coefficient (Wildman–Crippen LogP) is 3.49. The Morgan fingerprint density at radius 1 is 0.950 bits per heavy atom. The maximum atomic E-state index is 10.4. The molecule has 2 atom stereocenters. The molecule has 0 radical (unpaired) electrons. The van der Waals surface area contributed by atoms with E-state index in [1.165, 1.54) is 0 Å². The summed E-state index contributed by atoms with van der Waals surface area (Å²) in [6.45, 7) is 3.99. The average molecular weight is 268 g/mol. The van der Waals surface area contributed by atoms with Gasteiger partial charge in [0.25, 0.3) is 0 Å². The minimum atomic E-state index is -0.565. The molecule has 0 aliphatic carbocycles. The van der Waals surface area contributed by atoms with Gasteiger partial charge in [-0.15, -0.1) is 0 Å². The fraction of sp³-hybridized carbons (Fsp3) is 0.333. The van der Waals surface area contributed by atoms with Crippen molar-refractivity contribution in [2.45, 2.75) is 37.6 Å². The lowest BCUT2D eigenvalue weighted by atomic mass is 9.78. The second kappa shape index (κ2) is 4.72. The Bertz CT molecular complexity index is 539. The number of aliphatic hydroxyl groups excluding tert-OH is 1. The summed E-state index contributed by atoms with van der Waals surface area (Å²) in [6.07, 6.45) is 0.195. The second-order valence-electron chi connectivity index (χ2n) is 5.55. The van der Waals surface area contributed by atoms with Crippen LogP contribution in [0, 0.1) is 0 Å². The lowest BCUT2D eigenvalue weighted by Crippen LogP contribution is -2.34. The predicted molar refractivity (Wildman–Crippen MR) is 79.5 cm³/mol. The summed E-state index contributed by atoms with van der Waals surface area (Å²) >= 11 is 0. The topological polar surface area (TPSA) is 32.8 Å². The molecule has 20 heavy (non-hydrogen) atoms. The molecule has 104 valence electrons. The van der Waals surface area contributed by atoms with Gasteiger partial charge in [0.05, 0.1) is 6.10 Å². The number of ether oxygens (including phenoxy) is 1. The first-order chi connectivity index (χ1) is 9.65. The van der Waals surface area contributed by atoms with Crippen molar-refractivity contribution < 1.29 is 9.84 Å². The van der Waals surface area contributed by atoms with Crippen LogP contribution in [0.5, 0.6) is 0 Å². The number of hydrogen-bond acceptors (Lipinski definition) is 2. The monoisotopic (exact) mass is 268 g/mol. The van der Waals surface area contributed by atoms with Gasteiger partial charge in [0.15, 0.2) is 5.60 Å². The van der Waals surface area contributed by atoms with E-state index >= 15 is 0 Å². The van der Waals surface area contributed by atoms with Gasteiger partial charge in [-0.2, -0.15) is 0 Å². The van der Waals surface area contributed by atoms with E-state index in [0.717, 1.165) is 11.1 Å². The standard InChI is InChI=1S/C18H20O2/c1-3-16(19)17(2)18(20-17,14-10-6-4-7-11-14)15-12-8-5-9-13-15/h4-13,16,19H,3H2,1-2H3. The highest BCUT2D eigenvalue weighted by Gasteiger charge is 2.71. The van der Waals surface area contributed by atoms with Crippen molar-refractivity contribution in [3.05, 3.63) is 71.8 Å². The van der Waals surface area contributed by atoms with Gasteiger partial charge < -0.3 is 9.84 Å². The van der Waals surface area contributed by atoms with Gasteiger partial charge in [0.2, 0.25) is 0 Å². The fourth-order valence-electron chi connectivity index (χ4n) is 3.19. The summed E-state index contributed by atoms with van der Waals surface area (Å²) in [4.78, 5) is 0. The van der Waals surface area contributed by atoms with Crippen LogP contribution in [0.2, 0.25) is 0 Å². The lowest BCUT2D eigenvalue weighted by Gasteiger charge is -2.21. The normalized spacial score (nSPS) is 25.1. The summed E-state index contributed by atoms with van der Waals surface area (Å²) in [5.41, 5.74) is 1.09. The van der Waals surface area contributed by atoms with Gasteiger partial charge in [0.1, 0.15) is 5.60 Å². The molecule has 2 aromatic rings. The van der Waals surface area contributed by atoms with E-state index in [0.29, 0.717) is 6.42 Å². The number of aliphatic hydroxyl groups is 1. The summed E-state index contributed by atoms with van der Waals surface area (Å²) in [5.74, 6) is 0. The van der Waals surface area contributed by atoms with E-state index in [4.69, 9.17) is 4.74 Å². The maximum absolute atomic E-state index is 10.4. The van der Waals surface area contributed by atoms with Crippen LogP contribution in [0.25, 0.3) is 0 Å². The Morgan fingerprint density at radius 3 is 1.80 bits per heavy atom. The van der Waals surface area contributed by atoms with Gasteiger partial charge >= 0.3 is 0 Å². The van der Waals surface area contributed by atoms with Crippen molar-refractivity contribution in [3.63, 3.8) is 0 Å². The fourth-order valence-corrected chi connectivity index (χ4v) is 3.19. The van der Waals surface area contributed by atoms with Gasteiger partial charge in [-0.25, -0.2) is 0 Å². The van der Waals surface area contributed by atoms with Crippen molar-refractivity contribution in [1.29, 1.82) is 0 Å². The molecule has 2 aromatic carbocycles. The summed E-state index contributed by atoms with van der Waals surface area (Å²) < 4.78 is 6.17. The first-order valence-electron chi connectivity index (χ1n) is 7.14. The van der Waals surface area contributed by atoms with Gasteiger partial charge in [0, 0.05) is 0 Å². The summed E-state index contributed by atoms with van der Waals surface area (Å²) in [7, 11) is 0. The molecule has 0 saturated carbocycles. The van der Waals surface area contributed by atoms with E-state index in [1.807, 2.05) is 50.2 Å². The van der Waals surface area contributed by atoms with Crippen LogP contribution in [0.4, 0.5) is 0 Å². The first-order valence-corrected chi connectivity index (χ1v) is 7.14. The third kappa shape index (κ3) is 1.72. The van der Waals surface area contributed by atoms with Gasteiger partial charge in [-0.3, -0.25) is 0 Å². The van der Waals surface area contributed by atoms with Crippen LogP contribution < -0.4 is 0 Å². The van der Waals surface area contributed by atoms with Crippen LogP contribution in [0.3, 0.4) is 0 Å². The van der Waals surface area contributed by atoms with Crippen molar-refractivity contribution in [1.82, 2.24) is 0 Å². The average Bonchev–Trinajstić information content (AvgIpc) is 3.17. The highest BCUT2D eigenvalue weighted by atomic mass is 16.6. The zero-order valence-corrected chi connectivity index (χ0v) is 11.9. The number of benzene rings is 2. The molecule has 1 aliphatic rings. The highest BCUT2D eigenvalue weighted by Crippen LogP contribution is 2.61. The van der Waals surface area contributed by atoms with Crippen LogP contribution >= 0.6 is 0 Å². The van der Waals surface area contributed by atoms with E-state index in [1.54, 1.807) is 0 Å². The Labute approximate surface area is 120 Å². The van der Waals surface area contributed by atoms with Crippen molar-refractivity contribution in [2.75, 3.05) is 0 Å². The molecule has 0 amide bonds. The molecule has 3 rings (SSSR count). The van der Waals surface area contributed by atoms with Crippen LogP contribution in [0.15, 0.2) is 60.7 Å². The molecule has 0 bridgehead atoms. The molecule has 1 saturated heterocycles. The minimum absolute atomic E-state index is 0.483. The van der Waals surface area contributed by atoms with Crippen molar-refractivity contribution >= 4 is 0 Å². The van der Waals surface area contributed by atoms with Gasteiger partial charge in [-0.05, 0) is 24.5 Å². The van der Waals surface area contributed by atoms with E-state index < -0.39 is 17.3 Å². The molecule has 2 heteroatoms. The zero-order chi connectivity index (χ0) is 14.2. The number of epoxide rings is 1. The molecule has 2 nitrogen and oxygen atoms in total. The Morgan fingerprint density at radius 2 is 1.40 bits per heavy atom. The number of hydrogen-bond donors (Lipinski definition) is 1. The Balaban J connectivity index is 2.13. The maximum Gasteiger partial charge on any atom is 0.150 e. The molecular weight excluding hydrogens is 248 g/mol. The van der Waals surface area contributed by atoms with Gasteiger partial charge in [-0.1, -0.05) is 67.6 Å². The van der Waals surface area contributed by atoms with E-state index in [9.17, 15) is 5.11 Å². The molecule has 1 heterocycles. The third-order valence-corrected chi connectivity index (χ3v) is 4.41.